The Morgan fingerprint density at radius 2 is 1.93 bits per heavy atom. The van der Waals surface area contributed by atoms with Gasteiger partial charge >= 0.3 is 0 Å². The molecule has 3 aromatic heterocycles. The van der Waals surface area contributed by atoms with Crippen molar-refractivity contribution in [1.82, 2.24) is 19.9 Å². The zero-order chi connectivity index (χ0) is 19.3. The molecule has 4 rings (SSSR count). The molecule has 9 heteroatoms. The van der Waals surface area contributed by atoms with Crippen LogP contribution in [0.15, 0.2) is 42.7 Å². The van der Waals surface area contributed by atoms with Crippen LogP contribution in [0.4, 0.5) is 23.3 Å². The molecule has 0 spiro atoms. The van der Waals surface area contributed by atoms with Crippen LogP contribution >= 0.6 is 0 Å². The minimum absolute atomic E-state index is 0.467. The molecule has 0 saturated carbocycles. The summed E-state index contributed by atoms with van der Waals surface area (Å²) >= 11 is 0. The van der Waals surface area contributed by atoms with E-state index in [0.717, 1.165) is 30.0 Å². The zero-order valence-electron chi connectivity index (χ0n) is 15.5. The van der Waals surface area contributed by atoms with Crippen molar-refractivity contribution in [2.75, 3.05) is 49.4 Å². The third kappa shape index (κ3) is 4.09. The highest BCUT2D eigenvalue weighted by atomic mass is 16.5. The summed E-state index contributed by atoms with van der Waals surface area (Å²) in [4.78, 5) is 19.9. The quantitative estimate of drug-likeness (QED) is 0.688. The number of hydrogen-bond donors (Lipinski definition) is 2. The Kier molecular flexibility index (Phi) is 5.16. The molecule has 3 aromatic rings. The summed E-state index contributed by atoms with van der Waals surface area (Å²) in [6.07, 6.45) is 3.40. The lowest BCUT2D eigenvalue weighted by atomic mass is 10.2. The zero-order valence-corrected chi connectivity index (χ0v) is 15.5. The maximum absolute atomic E-state index is 5.71. The number of rotatable bonds is 5. The minimum atomic E-state index is 0.467. The first-order chi connectivity index (χ1) is 13.7. The van der Waals surface area contributed by atoms with Crippen molar-refractivity contribution in [3.8, 4) is 17.1 Å². The first kappa shape index (κ1) is 17.9. The van der Waals surface area contributed by atoms with Gasteiger partial charge in [-0.15, -0.1) is 0 Å². The van der Waals surface area contributed by atoms with Crippen LogP contribution in [0.3, 0.4) is 0 Å². The van der Waals surface area contributed by atoms with Crippen molar-refractivity contribution in [3.63, 3.8) is 0 Å². The molecule has 0 unspecified atom stereocenters. The van der Waals surface area contributed by atoms with E-state index in [9.17, 15) is 0 Å². The van der Waals surface area contributed by atoms with Gasteiger partial charge in [0.2, 0.25) is 11.8 Å². The van der Waals surface area contributed by atoms with E-state index in [1.807, 2.05) is 18.2 Å². The monoisotopic (exact) mass is 379 g/mol. The Morgan fingerprint density at radius 1 is 1.07 bits per heavy atom. The first-order valence-corrected chi connectivity index (χ1v) is 8.92. The SMILES string of the molecule is COc1ccc(Nc2cc(-c3ccc(N)nc3)nc(N3CCOCC3)n2)cn1. The van der Waals surface area contributed by atoms with E-state index < -0.39 is 0 Å². The van der Waals surface area contributed by atoms with Gasteiger partial charge in [0.25, 0.3) is 0 Å². The van der Waals surface area contributed by atoms with Crippen molar-refractivity contribution >= 4 is 23.3 Å². The number of aromatic nitrogens is 4. The lowest BCUT2D eigenvalue weighted by Crippen LogP contribution is -2.37. The van der Waals surface area contributed by atoms with E-state index in [4.69, 9.17) is 20.2 Å². The molecule has 4 heterocycles. The highest BCUT2D eigenvalue weighted by Gasteiger charge is 2.16. The number of morpholine rings is 1. The highest BCUT2D eigenvalue weighted by molar-refractivity contribution is 5.67. The molecular weight excluding hydrogens is 358 g/mol. The van der Waals surface area contributed by atoms with Gasteiger partial charge in [-0.3, -0.25) is 0 Å². The Bertz CT molecular complexity index is 926. The summed E-state index contributed by atoms with van der Waals surface area (Å²) < 4.78 is 10.5. The predicted molar refractivity (Wildman–Crippen MR) is 107 cm³/mol. The molecule has 9 nitrogen and oxygen atoms in total. The third-order valence-corrected chi connectivity index (χ3v) is 4.31. The Morgan fingerprint density at radius 3 is 2.61 bits per heavy atom. The number of nitrogens with one attached hydrogen (secondary N) is 1. The summed E-state index contributed by atoms with van der Waals surface area (Å²) in [6, 6.07) is 9.20. The van der Waals surface area contributed by atoms with Crippen molar-refractivity contribution in [2.24, 2.45) is 0 Å². The number of methoxy groups -OCH3 is 1. The van der Waals surface area contributed by atoms with Gasteiger partial charge in [0.05, 0.1) is 37.9 Å². The van der Waals surface area contributed by atoms with Gasteiger partial charge in [-0.05, 0) is 18.2 Å². The lowest BCUT2D eigenvalue weighted by Gasteiger charge is -2.27. The second-order valence-electron chi connectivity index (χ2n) is 6.22. The van der Waals surface area contributed by atoms with Gasteiger partial charge < -0.3 is 25.4 Å². The molecule has 1 saturated heterocycles. The number of ether oxygens (including phenoxy) is 2. The van der Waals surface area contributed by atoms with Gasteiger partial charge in [-0.25, -0.2) is 15.0 Å². The summed E-state index contributed by atoms with van der Waals surface area (Å²) in [5.74, 6) is 2.32. The van der Waals surface area contributed by atoms with Crippen LogP contribution in [0.25, 0.3) is 11.3 Å². The van der Waals surface area contributed by atoms with Crippen LogP contribution in [-0.2, 0) is 4.74 Å². The number of pyridine rings is 2. The van der Waals surface area contributed by atoms with Crippen LogP contribution in [0.2, 0.25) is 0 Å². The van der Waals surface area contributed by atoms with Gasteiger partial charge in [0, 0.05) is 37.0 Å². The Balaban J connectivity index is 1.68. The van der Waals surface area contributed by atoms with E-state index in [1.165, 1.54) is 0 Å². The number of anilines is 4. The lowest BCUT2D eigenvalue weighted by molar-refractivity contribution is 0.122. The standard InChI is InChI=1S/C19H21N7O2/c1-27-18-5-3-14(12-22-18)23-17-10-15(13-2-4-16(20)21-11-13)24-19(25-17)26-6-8-28-9-7-26/h2-5,10-12H,6-9H2,1H3,(H2,20,21)(H,23,24,25). The average Bonchev–Trinajstić information content (AvgIpc) is 2.75. The maximum atomic E-state index is 5.71. The Hall–Kier alpha value is -3.46. The van der Waals surface area contributed by atoms with Gasteiger partial charge in [-0.2, -0.15) is 4.98 Å². The molecule has 3 N–H and O–H groups in total. The molecule has 0 radical (unpaired) electrons. The van der Waals surface area contributed by atoms with E-state index in [0.29, 0.717) is 36.7 Å². The normalized spacial score (nSPS) is 14.0. The summed E-state index contributed by atoms with van der Waals surface area (Å²) in [6.45, 7) is 2.80. The molecule has 0 atom stereocenters. The topological polar surface area (TPSA) is 111 Å². The fourth-order valence-corrected chi connectivity index (χ4v) is 2.83. The van der Waals surface area contributed by atoms with E-state index >= 15 is 0 Å². The molecule has 1 fully saturated rings. The van der Waals surface area contributed by atoms with Crippen LogP contribution in [0.5, 0.6) is 5.88 Å². The predicted octanol–water partition coefficient (Wildman–Crippen LogP) is 2.10. The van der Waals surface area contributed by atoms with Crippen LogP contribution in [0, 0.1) is 0 Å². The second-order valence-corrected chi connectivity index (χ2v) is 6.22. The second kappa shape index (κ2) is 8.05. The smallest absolute Gasteiger partial charge is 0.228 e. The van der Waals surface area contributed by atoms with Crippen molar-refractivity contribution < 1.29 is 9.47 Å². The highest BCUT2D eigenvalue weighted by Crippen LogP contribution is 2.25. The first-order valence-electron chi connectivity index (χ1n) is 8.92. The van der Waals surface area contributed by atoms with Crippen LogP contribution in [-0.4, -0.2) is 53.3 Å². The number of hydrogen-bond acceptors (Lipinski definition) is 9. The molecule has 1 aliphatic rings. The van der Waals surface area contributed by atoms with Crippen LogP contribution < -0.4 is 20.7 Å². The summed E-state index contributed by atoms with van der Waals surface area (Å²) in [5, 5.41) is 3.28. The van der Waals surface area contributed by atoms with E-state index in [2.05, 4.69) is 25.2 Å². The molecular formula is C19H21N7O2. The van der Waals surface area contributed by atoms with E-state index in [-0.39, 0.29) is 0 Å². The molecule has 28 heavy (non-hydrogen) atoms. The molecule has 0 aliphatic carbocycles. The largest absolute Gasteiger partial charge is 0.481 e. The number of nitrogens with zero attached hydrogens (tertiary/aromatic N) is 5. The van der Waals surface area contributed by atoms with Gasteiger partial charge in [-0.1, -0.05) is 0 Å². The Labute approximate surface area is 162 Å². The maximum Gasteiger partial charge on any atom is 0.228 e. The molecule has 1 aliphatic heterocycles. The average molecular weight is 379 g/mol. The van der Waals surface area contributed by atoms with Crippen molar-refractivity contribution in [3.05, 3.63) is 42.7 Å². The summed E-state index contributed by atoms with van der Waals surface area (Å²) in [7, 11) is 1.58. The minimum Gasteiger partial charge on any atom is -0.481 e. The van der Waals surface area contributed by atoms with Crippen molar-refractivity contribution in [1.29, 1.82) is 0 Å². The third-order valence-electron chi connectivity index (χ3n) is 4.31. The fourth-order valence-electron chi connectivity index (χ4n) is 2.83. The molecule has 0 amide bonds. The molecule has 0 bridgehead atoms. The molecule has 144 valence electrons. The molecule has 0 aromatic carbocycles. The summed E-state index contributed by atoms with van der Waals surface area (Å²) in [5.41, 5.74) is 8.13. The van der Waals surface area contributed by atoms with Gasteiger partial charge in [0.15, 0.2) is 0 Å². The number of nitrogens with two attached hydrogens (primary N) is 1. The fraction of sp³-hybridized carbons (Fsp3) is 0.263. The van der Waals surface area contributed by atoms with E-state index in [1.54, 1.807) is 31.6 Å². The van der Waals surface area contributed by atoms with Crippen LogP contribution in [0.1, 0.15) is 0 Å². The van der Waals surface area contributed by atoms with Crippen molar-refractivity contribution in [2.45, 2.75) is 0 Å². The van der Waals surface area contributed by atoms with Gasteiger partial charge in [0.1, 0.15) is 11.6 Å². The number of nitrogen functional groups attached to an aromatic ring is 1.